The second kappa shape index (κ2) is 7.55. The van der Waals surface area contributed by atoms with Gasteiger partial charge in [-0.1, -0.05) is 6.92 Å². The lowest BCUT2D eigenvalue weighted by Crippen LogP contribution is -2.25. The zero-order chi connectivity index (χ0) is 21.4. The van der Waals surface area contributed by atoms with Crippen LogP contribution in [0.25, 0.3) is 22.6 Å². The number of thioether (sulfide) groups is 1. The number of aromatic nitrogens is 4. The van der Waals surface area contributed by atoms with E-state index in [-0.39, 0.29) is 11.2 Å². The largest absolute Gasteiger partial charge is 0.473 e. The first-order valence-electron chi connectivity index (χ1n) is 8.70. The van der Waals surface area contributed by atoms with Crippen molar-refractivity contribution in [1.82, 2.24) is 19.7 Å². The zero-order valence-corrected chi connectivity index (χ0v) is 17.0. The van der Waals surface area contributed by atoms with Crippen LogP contribution >= 0.6 is 11.8 Å². The van der Waals surface area contributed by atoms with Gasteiger partial charge in [0.25, 0.3) is 0 Å². The second-order valence-corrected chi connectivity index (χ2v) is 8.05. The Hall–Kier alpha value is -2.80. The molecule has 10 heteroatoms. The van der Waals surface area contributed by atoms with E-state index in [4.69, 9.17) is 4.74 Å². The molecule has 6 nitrogen and oxygen atoms in total. The molecule has 29 heavy (non-hydrogen) atoms. The number of hydrogen-bond donors (Lipinski definition) is 0. The highest BCUT2D eigenvalue weighted by atomic mass is 32.2. The first kappa shape index (κ1) is 20.9. The maximum absolute atomic E-state index is 12.9. The van der Waals surface area contributed by atoms with E-state index >= 15 is 0 Å². The summed E-state index contributed by atoms with van der Waals surface area (Å²) < 4.78 is 46.2. The topological polar surface area (TPSA) is 76.6 Å². The van der Waals surface area contributed by atoms with E-state index in [1.807, 2.05) is 6.92 Å². The number of rotatable bonds is 5. The number of nitriles is 1. The fourth-order valence-electron chi connectivity index (χ4n) is 2.71. The molecule has 0 fully saturated rings. The Balaban J connectivity index is 2.10. The van der Waals surface area contributed by atoms with Gasteiger partial charge in [0.15, 0.2) is 16.9 Å². The van der Waals surface area contributed by atoms with E-state index in [2.05, 4.69) is 21.3 Å². The number of imidazole rings is 1. The van der Waals surface area contributed by atoms with Crippen molar-refractivity contribution in [2.45, 2.75) is 37.4 Å². The van der Waals surface area contributed by atoms with Crippen LogP contribution in [0.1, 0.15) is 26.5 Å². The number of fused-ring (bicyclic) bond motifs is 1. The fraction of sp³-hybridized carbons (Fsp3) is 0.368. The number of aryl methyl sites for hydroxylation is 1. The van der Waals surface area contributed by atoms with Crippen molar-refractivity contribution in [2.24, 2.45) is 7.05 Å². The van der Waals surface area contributed by atoms with Gasteiger partial charge in [-0.05, 0) is 37.8 Å². The summed E-state index contributed by atoms with van der Waals surface area (Å²) in [5.41, 5.74) is -0.972. The molecule has 0 saturated heterocycles. The van der Waals surface area contributed by atoms with Gasteiger partial charge in [-0.25, -0.2) is 4.98 Å². The van der Waals surface area contributed by atoms with Crippen LogP contribution in [-0.4, -0.2) is 31.1 Å². The van der Waals surface area contributed by atoms with Crippen LogP contribution < -0.4 is 4.74 Å². The summed E-state index contributed by atoms with van der Waals surface area (Å²) in [5, 5.41) is 16.2. The monoisotopic (exact) mass is 421 g/mol. The van der Waals surface area contributed by atoms with Gasteiger partial charge in [0.2, 0.25) is 0 Å². The quantitative estimate of drug-likeness (QED) is 0.549. The highest BCUT2D eigenvalue weighted by Crippen LogP contribution is 2.36. The molecule has 0 aliphatic carbocycles. The smallest absolute Gasteiger partial charge is 0.435 e. The molecule has 0 amide bonds. The third-order valence-electron chi connectivity index (χ3n) is 4.04. The molecule has 0 spiro atoms. The summed E-state index contributed by atoms with van der Waals surface area (Å²) in [6.07, 6.45) is -4.59. The maximum atomic E-state index is 12.9. The fourth-order valence-corrected chi connectivity index (χ4v) is 3.53. The third kappa shape index (κ3) is 4.29. The lowest BCUT2D eigenvalue weighted by molar-refractivity contribution is -0.141. The number of halogens is 3. The number of ether oxygens (including phenoxy) is 1. The molecule has 0 aliphatic heterocycles. The summed E-state index contributed by atoms with van der Waals surface area (Å²) in [4.78, 5) is 5.21. The lowest BCUT2D eigenvalue weighted by atomic mass is 10.1. The van der Waals surface area contributed by atoms with Crippen LogP contribution in [-0.2, 0) is 13.2 Å². The van der Waals surface area contributed by atoms with Gasteiger partial charge in [-0.15, -0.1) is 22.0 Å². The Bertz CT molecular complexity index is 1100. The average Bonchev–Trinajstić information content (AvgIpc) is 2.97. The van der Waals surface area contributed by atoms with Crippen LogP contribution in [0.2, 0.25) is 0 Å². The molecule has 0 bridgehead atoms. The molecule has 0 atom stereocenters. The van der Waals surface area contributed by atoms with E-state index in [0.29, 0.717) is 11.6 Å². The van der Waals surface area contributed by atoms with Gasteiger partial charge in [-0.3, -0.25) is 0 Å². The highest BCUT2D eigenvalue weighted by molar-refractivity contribution is 7.99. The van der Waals surface area contributed by atoms with Crippen molar-refractivity contribution < 1.29 is 17.9 Å². The summed E-state index contributed by atoms with van der Waals surface area (Å²) >= 11 is 1.54. The van der Waals surface area contributed by atoms with Crippen LogP contribution in [0, 0.1) is 11.3 Å². The van der Waals surface area contributed by atoms with Crippen molar-refractivity contribution in [3.63, 3.8) is 0 Å². The Morgan fingerprint density at radius 3 is 2.55 bits per heavy atom. The number of benzene rings is 1. The molecule has 1 aromatic carbocycles. The molecule has 3 rings (SSSR count). The lowest BCUT2D eigenvalue weighted by Gasteiger charge is -2.19. The first-order valence-corrected chi connectivity index (χ1v) is 9.69. The van der Waals surface area contributed by atoms with E-state index in [1.165, 1.54) is 11.8 Å². The molecule has 2 heterocycles. The summed E-state index contributed by atoms with van der Waals surface area (Å²) in [6.45, 7) is 5.31. The van der Waals surface area contributed by atoms with Crippen LogP contribution in [0.3, 0.4) is 0 Å². The van der Waals surface area contributed by atoms with E-state index in [9.17, 15) is 18.4 Å². The molecule has 0 N–H and O–H groups in total. The Morgan fingerprint density at radius 2 is 1.93 bits per heavy atom. The zero-order valence-electron chi connectivity index (χ0n) is 16.2. The second-order valence-electron chi connectivity index (χ2n) is 6.75. The van der Waals surface area contributed by atoms with Crippen molar-refractivity contribution in [3.8, 4) is 23.2 Å². The number of hydrogen-bond acceptors (Lipinski definition) is 6. The molecule has 0 unspecified atom stereocenters. The normalized spacial score (nSPS) is 12.2. The van der Waals surface area contributed by atoms with Gasteiger partial charge < -0.3 is 9.30 Å². The van der Waals surface area contributed by atoms with Gasteiger partial charge in [0.05, 0.1) is 0 Å². The van der Waals surface area contributed by atoms with Crippen LogP contribution in [0.5, 0.6) is 5.75 Å². The molecule has 152 valence electrons. The van der Waals surface area contributed by atoms with Gasteiger partial charge >= 0.3 is 6.18 Å². The average molecular weight is 421 g/mol. The SMILES string of the molecule is CCSc1cc(OC(C)(C)C#N)ccc1-c1nc2cc(C(F)(F)F)nnc2n1C. The predicted octanol–water partition coefficient (Wildman–Crippen LogP) is 4.84. The van der Waals surface area contributed by atoms with Gasteiger partial charge in [0, 0.05) is 23.6 Å². The van der Waals surface area contributed by atoms with Crippen molar-refractivity contribution >= 4 is 22.9 Å². The van der Waals surface area contributed by atoms with Crippen molar-refractivity contribution in [1.29, 1.82) is 5.26 Å². The molecular weight excluding hydrogens is 403 g/mol. The summed E-state index contributed by atoms with van der Waals surface area (Å²) in [7, 11) is 1.68. The molecule has 3 aromatic rings. The number of alkyl halides is 3. The third-order valence-corrected chi connectivity index (χ3v) is 4.98. The maximum Gasteiger partial charge on any atom is 0.435 e. The summed E-state index contributed by atoms with van der Waals surface area (Å²) in [6, 6.07) is 8.26. The summed E-state index contributed by atoms with van der Waals surface area (Å²) in [5.74, 6) is 1.75. The van der Waals surface area contributed by atoms with E-state index < -0.39 is 17.5 Å². The number of nitrogens with zero attached hydrogens (tertiary/aromatic N) is 5. The van der Waals surface area contributed by atoms with Gasteiger partial charge in [0.1, 0.15) is 23.2 Å². The first-order chi connectivity index (χ1) is 13.6. The Labute approximate surface area is 169 Å². The van der Waals surface area contributed by atoms with Crippen LogP contribution in [0.4, 0.5) is 13.2 Å². The minimum Gasteiger partial charge on any atom is -0.473 e. The van der Waals surface area contributed by atoms with Gasteiger partial charge in [-0.2, -0.15) is 18.4 Å². The van der Waals surface area contributed by atoms with E-state index in [1.54, 1.807) is 43.7 Å². The molecule has 0 aliphatic rings. The minimum atomic E-state index is -4.59. The van der Waals surface area contributed by atoms with E-state index in [0.717, 1.165) is 22.3 Å². The highest BCUT2D eigenvalue weighted by Gasteiger charge is 2.34. The molecule has 0 radical (unpaired) electrons. The Kier molecular flexibility index (Phi) is 5.45. The van der Waals surface area contributed by atoms with Crippen LogP contribution in [0.15, 0.2) is 29.2 Å². The molecular formula is C19H18F3N5OS. The van der Waals surface area contributed by atoms with Crippen molar-refractivity contribution in [2.75, 3.05) is 5.75 Å². The van der Waals surface area contributed by atoms with Crippen molar-refractivity contribution in [3.05, 3.63) is 30.0 Å². The predicted molar refractivity (Wildman–Crippen MR) is 103 cm³/mol. The molecule has 0 saturated carbocycles. The minimum absolute atomic E-state index is 0.114. The molecule has 2 aromatic heterocycles. The Morgan fingerprint density at radius 1 is 1.21 bits per heavy atom. The standard InChI is InChI=1S/C19H18F3N5OS/c1-5-29-14-8-11(28-18(2,3)10-23)6-7-12(14)16-24-13-9-15(19(20,21)22)25-26-17(13)27(16)4/h6-9H,5H2,1-4H3.